The fraction of sp³-hybridized carbons (Fsp3) is 0.226. The van der Waals surface area contributed by atoms with Crippen molar-refractivity contribution in [3.8, 4) is 57.3 Å². The van der Waals surface area contributed by atoms with Gasteiger partial charge in [-0.1, -0.05) is 6.07 Å². The Morgan fingerprint density at radius 3 is 2.20 bits per heavy atom. The smallest absolute Gasteiger partial charge is 0.402 e. The highest BCUT2D eigenvalue weighted by Gasteiger charge is 2.45. The molecule has 1 aliphatic carbocycles. The SMILES string of the molecule is O=C(/C=C/c1ccc(O)c(O)c1)OC[C@H]1C[C@@H](Oc2cc3c(O)cc(O)cc3[o+]c2-c2cc(O)c(O)c(O)c2)[C@H](O)[C@@H](O)[C@@H]1O. The van der Waals surface area contributed by atoms with Crippen molar-refractivity contribution in [2.24, 2.45) is 5.92 Å². The minimum absolute atomic E-state index is 0.0207. The summed E-state index contributed by atoms with van der Waals surface area (Å²) in [6.07, 6.45) is -3.97. The van der Waals surface area contributed by atoms with Crippen LogP contribution in [-0.4, -0.2) is 88.1 Å². The number of carbonyl (C=O) groups excluding carboxylic acids is 1. The molecule has 45 heavy (non-hydrogen) atoms. The van der Waals surface area contributed by atoms with Crippen LogP contribution in [0.4, 0.5) is 0 Å². The molecule has 1 saturated carbocycles. The number of ether oxygens (including phenoxy) is 2. The summed E-state index contributed by atoms with van der Waals surface area (Å²) in [5.74, 6) is -5.79. The van der Waals surface area contributed by atoms with Crippen LogP contribution in [0.15, 0.2) is 59.0 Å². The van der Waals surface area contributed by atoms with Crippen LogP contribution in [0.5, 0.6) is 46.0 Å². The summed E-state index contributed by atoms with van der Waals surface area (Å²) in [5, 5.41) is 101. The molecule has 0 amide bonds. The van der Waals surface area contributed by atoms with Gasteiger partial charge >= 0.3 is 17.3 Å². The highest BCUT2D eigenvalue weighted by molar-refractivity contribution is 5.89. The number of aliphatic hydroxyl groups excluding tert-OH is 3. The second-order valence-electron chi connectivity index (χ2n) is 10.5. The van der Waals surface area contributed by atoms with Crippen molar-refractivity contribution in [3.63, 3.8) is 0 Å². The summed E-state index contributed by atoms with van der Waals surface area (Å²) < 4.78 is 17.1. The molecule has 0 saturated heterocycles. The first-order valence-electron chi connectivity index (χ1n) is 13.5. The first-order chi connectivity index (χ1) is 21.3. The molecule has 0 aliphatic heterocycles. The van der Waals surface area contributed by atoms with Crippen LogP contribution in [0, 0.1) is 5.92 Å². The number of aromatic hydroxyl groups is 7. The molecule has 14 heteroatoms. The number of aliphatic hydroxyl groups is 3. The van der Waals surface area contributed by atoms with Crippen molar-refractivity contribution in [3.05, 3.63) is 60.2 Å². The lowest BCUT2D eigenvalue weighted by molar-refractivity contribution is -0.166. The molecular formula is C31H29O14+. The number of carbonyl (C=O) groups is 1. The molecule has 0 spiro atoms. The molecule has 1 aliphatic rings. The van der Waals surface area contributed by atoms with Crippen molar-refractivity contribution < 1.29 is 69.8 Å². The summed E-state index contributed by atoms with van der Waals surface area (Å²) in [5.41, 5.74) is 0.328. The lowest BCUT2D eigenvalue weighted by Gasteiger charge is -2.39. The van der Waals surface area contributed by atoms with Gasteiger partial charge in [0, 0.05) is 36.3 Å². The minimum Gasteiger partial charge on any atom is -0.507 e. The maximum absolute atomic E-state index is 12.3. The molecule has 3 aromatic carbocycles. The van der Waals surface area contributed by atoms with Crippen molar-refractivity contribution in [1.29, 1.82) is 0 Å². The molecule has 1 fully saturated rings. The van der Waals surface area contributed by atoms with Gasteiger partial charge in [-0.05, 0) is 30.2 Å². The Kier molecular flexibility index (Phi) is 8.46. The Bertz CT molecular complexity index is 1760. The van der Waals surface area contributed by atoms with E-state index in [1.54, 1.807) is 0 Å². The van der Waals surface area contributed by atoms with Crippen LogP contribution < -0.4 is 4.74 Å². The Morgan fingerprint density at radius 1 is 0.800 bits per heavy atom. The zero-order valence-corrected chi connectivity index (χ0v) is 23.2. The third-order valence-electron chi connectivity index (χ3n) is 7.38. The molecule has 1 heterocycles. The Morgan fingerprint density at radius 2 is 1.51 bits per heavy atom. The number of fused-ring (bicyclic) bond motifs is 1. The van der Waals surface area contributed by atoms with E-state index in [2.05, 4.69) is 0 Å². The highest BCUT2D eigenvalue weighted by Crippen LogP contribution is 2.45. The second-order valence-corrected chi connectivity index (χ2v) is 10.5. The number of benzene rings is 3. The first kappa shape index (κ1) is 31.0. The van der Waals surface area contributed by atoms with E-state index in [-0.39, 0.29) is 51.7 Å². The summed E-state index contributed by atoms with van der Waals surface area (Å²) >= 11 is 0. The van der Waals surface area contributed by atoms with Crippen LogP contribution in [0.2, 0.25) is 0 Å². The lowest BCUT2D eigenvalue weighted by Crippen LogP contribution is -2.56. The van der Waals surface area contributed by atoms with Crippen LogP contribution in [0.1, 0.15) is 12.0 Å². The fourth-order valence-electron chi connectivity index (χ4n) is 4.98. The van der Waals surface area contributed by atoms with Gasteiger partial charge < -0.3 is 60.5 Å². The Hall–Kier alpha value is -5.44. The number of hydrogen-bond donors (Lipinski definition) is 10. The van der Waals surface area contributed by atoms with Gasteiger partial charge in [0.25, 0.3) is 0 Å². The first-order valence-corrected chi connectivity index (χ1v) is 13.5. The van der Waals surface area contributed by atoms with Gasteiger partial charge in [0.1, 0.15) is 35.2 Å². The van der Waals surface area contributed by atoms with E-state index in [4.69, 9.17) is 13.9 Å². The molecular weight excluding hydrogens is 596 g/mol. The minimum atomic E-state index is -1.74. The van der Waals surface area contributed by atoms with E-state index in [0.29, 0.717) is 5.56 Å². The third kappa shape index (κ3) is 6.43. The van der Waals surface area contributed by atoms with E-state index in [1.165, 1.54) is 36.4 Å². The van der Waals surface area contributed by atoms with Crippen molar-refractivity contribution >= 4 is 23.0 Å². The van der Waals surface area contributed by atoms with Gasteiger partial charge in [-0.15, -0.1) is 0 Å². The Balaban J connectivity index is 1.41. The average molecular weight is 626 g/mol. The average Bonchev–Trinajstić information content (AvgIpc) is 2.99. The van der Waals surface area contributed by atoms with Gasteiger partial charge in [0.05, 0.1) is 24.3 Å². The standard InChI is InChI=1S/C31H28O14/c32-16-9-19(34)17-11-25(31(45-23(17)10-16)14-6-21(36)28(40)22(37)7-14)44-24-8-15(27(39)30(42)29(24)41)12-43-26(38)4-2-13-1-3-18(33)20(35)5-13/h1-7,9-11,15,24,27,29-30,39,41-42H,8,12H2,(H6-,32,33,34,35,36,37,38,40)/p+1/t15-,24-,27-,29+,30+/m1/s1. The van der Waals surface area contributed by atoms with Gasteiger partial charge in [-0.2, -0.15) is 0 Å². The maximum Gasteiger partial charge on any atom is 0.402 e. The van der Waals surface area contributed by atoms with E-state index in [0.717, 1.165) is 24.3 Å². The number of esters is 1. The maximum atomic E-state index is 12.3. The second kappa shape index (κ2) is 12.3. The predicted molar refractivity (Wildman–Crippen MR) is 155 cm³/mol. The number of phenols is 7. The van der Waals surface area contributed by atoms with E-state index >= 15 is 0 Å². The molecule has 0 bridgehead atoms. The van der Waals surface area contributed by atoms with E-state index in [9.17, 15) is 55.9 Å². The van der Waals surface area contributed by atoms with Crippen molar-refractivity contribution in [2.45, 2.75) is 30.8 Å². The molecule has 236 valence electrons. The monoisotopic (exact) mass is 625 g/mol. The quantitative estimate of drug-likeness (QED) is 0.0613. The zero-order chi connectivity index (χ0) is 32.6. The Labute approximate surface area is 253 Å². The molecule has 4 aromatic rings. The topological polar surface area (TPSA) is 249 Å². The highest BCUT2D eigenvalue weighted by atomic mass is 16.5. The normalized spacial score (nSPS) is 21.6. The van der Waals surface area contributed by atoms with E-state index in [1.807, 2.05) is 0 Å². The van der Waals surface area contributed by atoms with Gasteiger partial charge in [-0.3, -0.25) is 0 Å². The molecule has 0 unspecified atom stereocenters. The molecule has 1 aromatic heterocycles. The number of rotatable bonds is 7. The van der Waals surface area contributed by atoms with Crippen molar-refractivity contribution in [2.75, 3.05) is 6.61 Å². The summed E-state index contributed by atoms with van der Waals surface area (Å²) in [7, 11) is 0. The van der Waals surface area contributed by atoms with E-state index < -0.39 is 65.9 Å². The molecule has 5 atom stereocenters. The molecule has 14 nitrogen and oxygen atoms in total. The lowest BCUT2D eigenvalue weighted by atomic mass is 9.81. The zero-order valence-electron chi connectivity index (χ0n) is 23.2. The van der Waals surface area contributed by atoms with Gasteiger partial charge in [0.2, 0.25) is 5.75 Å². The largest absolute Gasteiger partial charge is 0.507 e. The molecule has 10 N–H and O–H groups in total. The summed E-state index contributed by atoms with van der Waals surface area (Å²) in [6, 6.07) is 9.49. The van der Waals surface area contributed by atoms with Crippen LogP contribution in [0.25, 0.3) is 28.4 Å². The van der Waals surface area contributed by atoms with Crippen LogP contribution in [-0.2, 0) is 9.53 Å². The third-order valence-corrected chi connectivity index (χ3v) is 7.38. The number of hydrogen-bond acceptors (Lipinski definition) is 13. The molecule has 0 radical (unpaired) electrons. The fourth-order valence-corrected chi connectivity index (χ4v) is 4.98. The van der Waals surface area contributed by atoms with Crippen molar-refractivity contribution in [1.82, 2.24) is 0 Å². The summed E-state index contributed by atoms with van der Waals surface area (Å²) in [6.45, 7) is -0.399. The van der Waals surface area contributed by atoms with Crippen LogP contribution >= 0.6 is 0 Å². The van der Waals surface area contributed by atoms with Gasteiger partial charge in [0.15, 0.2) is 28.7 Å². The summed E-state index contributed by atoms with van der Waals surface area (Å²) in [4.78, 5) is 12.3. The number of phenolic OH excluding ortho intramolecular Hbond substituents is 7. The van der Waals surface area contributed by atoms with Gasteiger partial charge in [-0.25, -0.2) is 9.21 Å². The van der Waals surface area contributed by atoms with Crippen LogP contribution in [0.3, 0.4) is 0 Å². The predicted octanol–water partition coefficient (Wildman–Crippen LogP) is 2.43. The molecule has 5 rings (SSSR count).